The van der Waals surface area contributed by atoms with Crippen molar-refractivity contribution >= 4 is 17.5 Å². The Kier molecular flexibility index (Phi) is 6.53. The highest BCUT2D eigenvalue weighted by Gasteiger charge is 2.29. The van der Waals surface area contributed by atoms with Gasteiger partial charge in [0.05, 0.1) is 6.54 Å². The Morgan fingerprint density at radius 3 is 2.19 bits per heavy atom. The predicted octanol–water partition coefficient (Wildman–Crippen LogP) is 2.76. The lowest BCUT2D eigenvalue weighted by Gasteiger charge is -2.38. The Balaban J connectivity index is 1.49. The summed E-state index contributed by atoms with van der Waals surface area (Å²) < 4.78 is 0. The van der Waals surface area contributed by atoms with Gasteiger partial charge in [-0.1, -0.05) is 37.5 Å². The zero-order valence-corrected chi connectivity index (χ0v) is 15.9. The average molecular weight is 357 g/mol. The van der Waals surface area contributed by atoms with E-state index in [4.69, 9.17) is 0 Å². The molecule has 0 spiro atoms. The van der Waals surface area contributed by atoms with Crippen LogP contribution < -0.4 is 4.90 Å². The van der Waals surface area contributed by atoms with E-state index in [0.29, 0.717) is 38.6 Å². The molecule has 1 heterocycles. The van der Waals surface area contributed by atoms with Gasteiger partial charge in [-0.15, -0.1) is 0 Å². The molecule has 26 heavy (non-hydrogen) atoms. The Morgan fingerprint density at radius 2 is 1.58 bits per heavy atom. The molecule has 0 unspecified atom stereocenters. The fourth-order valence-electron chi connectivity index (χ4n) is 4.07. The highest BCUT2D eigenvalue weighted by Crippen LogP contribution is 2.25. The van der Waals surface area contributed by atoms with E-state index in [1.54, 1.807) is 0 Å². The van der Waals surface area contributed by atoms with Gasteiger partial charge in [0.2, 0.25) is 11.8 Å². The molecule has 0 aromatic heterocycles. The smallest absolute Gasteiger partial charge is 0.242 e. The van der Waals surface area contributed by atoms with E-state index < -0.39 is 0 Å². The largest absolute Gasteiger partial charge is 0.362 e. The van der Waals surface area contributed by atoms with Crippen molar-refractivity contribution in [1.82, 2.24) is 9.80 Å². The maximum absolute atomic E-state index is 12.7. The molecule has 5 heteroatoms. The average Bonchev–Trinajstić information content (AvgIpc) is 2.72. The van der Waals surface area contributed by atoms with Crippen molar-refractivity contribution < 1.29 is 9.59 Å². The number of amides is 2. The van der Waals surface area contributed by atoms with Gasteiger partial charge in [0.15, 0.2) is 0 Å². The van der Waals surface area contributed by atoms with Crippen LogP contribution in [0.15, 0.2) is 30.3 Å². The van der Waals surface area contributed by atoms with Crippen LogP contribution in [0, 0.1) is 5.92 Å². The van der Waals surface area contributed by atoms with Crippen molar-refractivity contribution in [2.24, 2.45) is 5.92 Å². The molecule has 0 N–H and O–H groups in total. The summed E-state index contributed by atoms with van der Waals surface area (Å²) >= 11 is 0. The zero-order chi connectivity index (χ0) is 18.4. The first-order valence-corrected chi connectivity index (χ1v) is 10.1. The second kappa shape index (κ2) is 9.06. The molecule has 0 radical (unpaired) electrons. The van der Waals surface area contributed by atoms with E-state index in [1.807, 2.05) is 40.1 Å². The fraction of sp³-hybridized carbons (Fsp3) is 0.619. The number of hydrogen-bond donors (Lipinski definition) is 0. The van der Waals surface area contributed by atoms with Crippen LogP contribution in [0.5, 0.6) is 0 Å². The molecule has 0 atom stereocenters. The second-order valence-electron chi connectivity index (χ2n) is 7.39. The number of rotatable bonds is 5. The van der Waals surface area contributed by atoms with Crippen molar-refractivity contribution in [2.75, 3.05) is 44.2 Å². The van der Waals surface area contributed by atoms with Crippen LogP contribution >= 0.6 is 0 Å². The second-order valence-corrected chi connectivity index (χ2v) is 7.39. The number of nitrogens with zero attached hydrogens (tertiary/aromatic N) is 3. The van der Waals surface area contributed by atoms with Crippen LogP contribution in [-0.2, 0) is 9.59 Å². The molecule has 1 aromatic rings. The number of piperazine rings is 1. The first-order valence-electron chi connectivity index (χ1n) is 10.1. The van der Waals surface area contributed by atoms with Crippen LogP contribution in [0.1, 0.15) is 39.0 Å². The van der Waals surface area contributed by atoms with Gasteiger partial charge in [-0.25, -0.2) is 0 Å². The van der Waals surface area contributed by atoms with Gasteiger partial charge < -0.3 is 14.7 Å². The van der Waals surface area contributed by atoms with Crippen LogP contribution in [0.25, 0.3) is 0 Å². The highest BCUT2D eigenvalue weighted by molar-refractivity contribution is 5.82. The first kappa shape index (κ1) is 18.7. The lowest BCUT2D eigenvalue weighted by molar-refractivity contribution is -0.142. The summed E-state index contributed by atoms with van der Waals surface area (Å²) in [6.45, 7) is 5.94. The third kappa shape index (κ3) is 4.57. The van der Waals surface area contributed by atoms with Gasteiger partial charge in [0, 0.05) is 44.3 Å². The quantitative estimate of drug-likeness (QED) is 0.814. The van der Waals surface area contributed by atoms with Gasteiger partial charge >= 0.3 is 0 Å². The van der Waals surface area contributed by atoms with Crippen LogP contribution in [-0.4, -0.2) is 60.9 Å². The van der Waals surface area contributed by atoms with Crippen molar-refractivity contribution in [3.8, 4) is 0 Å². The maximum atomic E-state index is 12.7. The third-order valence-corrected chi connectivity index (χ3v) is 5.73. The Hall–Kier alpha value is -2.04. The van der Waals surface area contributed by atoms with Crippen LogP contribution in [0.2, 0.25) is 0 Å². The van der Waals surface area contributed by atoms with E-state index >= 15 is 0 Å². The molecule has 1 aliphatic heterocycles. The lowest BCUT2D eigenvalue weighted by Crippen LogP contribution is -2.53. The highest BCUT2D eigenvalue weighted by atomic mass is 16.2. The molecular formula is C21H31N3O2. The molecule has 2 fully saturated rings. The topological polar surface area (TPSA) is 43.9 Å². The van der Waals surface area contributed by atoms with Gasteiger partial charge in [0.1, 0.15) is 0 Å². The van der Waals surface area contributed by atoms with Crippen LogP contribution in [0.4, 0.5) is 5.69 Å². The van der Waals surface area contributed by atoms with Crippen molar-refractivity contribution in [3.63, 3.8) is 0 Å². The minimum Gasteiger partial charge on any atom is -0.362 e. The Morgan fingerprint density at radius 1 is 0.962 bits per heavy atom. The predicted molar refractivity (Wildman–Crippen MR) is 104 cm³/mol. The maximum Gasteiger partial charge on any atom is 0.242 e. The fourth-order valence-corrected chi connectivity index (χ4v) is 4.07. The van der Waals surface area contributed by atoms with E-state index in [9.17, 15) is 9.59 Å². The Labute approximate surface area is 156 Å². The summed E-state index contributed by atoms with van der Waals surface area (Å²) in [4.78, 5) is 31.3. The summed E-state index contributed by atoms with van der Waals surface area (Å²) in [6, 6.07) is 10.1. The minimum atomic E-state index is 0.153. The minimum absolute atomic E-state index is 0.153. The van der Waals surface area contributed by atoms with E-state index in [1.165, 1.54) is 19.3 Å². The number of anilines is 1. The number of carbonyl (C=O) groups is 2. The standard InChI is InChI=1S/C21H31N3O2/c1-2-22(19-11-7-4-8-12-19)17-20(25)23-13-15-24(16-14-23)21(26)18-9-5-3-6-10-18/h4,7-8,11-12,18H,2-3,5-6,9-10,13-17H2,1H3. The molecule has 1 aromatic carbocycles. The summed E-state index contributed by atoms with van der Waals surface area (Å²) in [5.74, 6) is 0.691. The van der Waals surface area contributed by atoms with Gasteiger partial charge in [0.25, 0.3) is 0 Å². The van der Waals surface area contributed by atoms with Gasteiger partial charge in [-0.3, -0.25) is 9.59 Å². The summed E-state index contributed by atoms with van der Waals surface area (Å²) in [6.07, 6.45) is 5.71. The van der Waals surface area contributed by atoms with E-state index in [-0.39, 0.29) is 11.8 Å². The number of likely N-dealkylation sites (N-methyl/N-ethyl adjacent to an activating group) is 1. The lowest BCUT2D eigenvalue weighted by atomic mass is 9.88. The Bertz CT molecular complexity index is 591. The SMILES string of the molecule is CCN(CC(=O)N1CCN(C(=O)C2CCCCC2)CC1)c1ccccc1. The molecular weight excluding hydrogens is 326 g/mol. The number of benzene rings is 1. The van der Waals surface area contributed by atoms with Crippen molar-refractivity contribution in [1.29, 1.82) is 0 Å². The molecule has 5 nitrogen and oxygen atoms in total. The van der Waals surface area contributed by atoms with Gasteiger partial charge in [-0.2, -0.15) is 0 Å². The zero-order valence-electron chi connectivity index (χ0n) is 15.9. The normalized spacial score (nSPS) is 18.7. The van der Waals surface area contributed by atoms with Crippen molar-refractivity contribution in [3.05, 3.63) is 30.3 Å². The summed E-state index contributed by atoms with van der Waals surface area (Å²) in [7, 11) is 0. The molecule has 1 saturated heterocycles. The third-order valence-electron chi connectivity index (χ3n) is 5.73. The van der Waals surface area contributed by atoms with Crippen molar-refractivity contribution in [2.45, 2.75) is 39.0 Å². The number of carbonyl (C=O) groups excluding carboxylic acids is 2. The molecule has 1 saturated carbocycles. The summed E-state index contributed by atoms with van der Waals surface area (Å²) in [5.41, 5.74) is 1.08. The molecule has 2 amide bonds. The molecule has 0 bridgehead atoms. The van der Waals surface area contributed by atoms with E-state index in [0.717, 1.165) is 25.1 Å². The molecule has 2 aliphatic rings. The molecule has 142 valence electrons. The molecule has 1 aliphatic carbocycles. The molecule has 3 rings (SSSR count). The monoisotopic (exact) mass is 357 g/mol. The number of hydrogen-bond acceptors (Lipinski definition) is 3. The number of para-hydroxylation sites is 1. The van der Waals surface area contributed by atoms with Crippen LogP contribution in [0.3, 0.4) is 0 Å². The van der Waals surface area contributed by atoms with E-state index in [2.05, 4.69) is 11.8 Å². The summed E-state index contributed by atoms with van der Waals surface area (Å²) in [5, 5.41) is 0. The van der Waals surface area contributed by atoms with Gasteiger partial charge in [-0.05, 0) is 31.9 Å². The first-order chi connectivity index (χ1) is 12.7.